The number of hydrogen-bond acceptors (Lipinski definition) is 5. The van der Waals surface area contributed by atoms with E-state index in [1.54, 1.807) is 6.92 Å². The maximum Gasteiger partial charge on any atom is 0.319 e. The maximum absolute atomic E-state index is 12.3. The van der Waals surface area contributed by atoms with Crippen molar-refractivity contribution in [3.63, 3.8) is 0 Å². The van der Waals surface area contributed by atoms with Gasteiger partial charge in [-0.1, -0.05) is 12.3 Å². The first kappa shape index (κ1) is 17.2. The molecule has 0 aromatic rings. The third kappa shape index (κ3) is 4.32. The Balaban J connectivity index is 2.83. The van der Waals surface area contributed by atoms with Gasteiger partial charge in [-0.25, -0.2) is 0 Å². The Morgan fingerprint density at radius 1 is 1.43 bits per heavy atom. The number of ether oxygens (including phenoxy) is 2. The molecular formula is C16H22O5. The molecule has 5 heteroatoms. The molecule has 0 heterocycles. The van der Waals surface area contributed by atoms with Crippen LogP contribution in [0.4, 0.5) is 0 Å². The molecule has 0 spiro atoms. The summed E-state index contributed by atoms with van der Waals surface area (Å²) in [6.07, 6.45) is 7.59. The maximum atomic E-state index is 12.3. The number of rotatable bonds is 6. The van der Waals surface area contributed by atoms with Crippen LogP contribution in [0.25, 0.3) is 0 Å². The molecule has 116 valence electrons. The summed E-state index contributed by atoms with van der Waals surface area (Å²) < 4.78 is 10.1. The Kier molecular flexibility index (Phi) is 6.41. The monoisotopic (exact) mass is 294 g/mol. The first-order chi connectivity index (χ1) is 9.96. The summed E-state index contributed by atoms with van der Waals surface area (Å²) in [5.74, 6) is 1.33. The lowest BCUT2D eigenvalue weighted by Crippen LogP contribution is -2.43. The largest absolute Gasteiger partial charge is 0.465 e. The number of ketones is 1. The molecular weight excluding hydrogens is 272 g/mol. The minimum Gasteiger partial charge on any atom is -0.465 e. The van der Waals surface area contributed by atoms with E-state index in [1.165, 1.54) is 6.92 Å². The van der Waals surface area contributed by atoms with Gasteiger partial charge in [-0.3, -0.25) is 14.4 Å². The minimum absolute atomic E-state index is 0.0919. The number of carbonyl (C=O) groups excluding carboxylic acids is 3. The fourth-order valence-corrected chi connectivity index (χ4v) is 2.70. The Morgan fingerprint density at radius 3 is 2.67 bits per heavy atom. The first-order valence-electron chi connectivity index (χ1n) is 7.30. The van der Waals surface area contributed by atoms with Gasteiger partial charge in [0.2, 0.25) is 0 Å². The average molecular weight is 294 g/mol. The van der Waals surface area contributed by atoms with Crippen molar-refractivity contribution in [3.8, 4) is 12.3 Å². The number of terminal acetylenes is 1. The summed E-state index contributed by atoms with van der Waals surface area (Å²) in [7, 11) is 0. The smallest absolute Gasteiger partial charge is 0.319 e. The van der Waals surface area contributed by atoms with Gasteiger partial charge in [-0.2, -0.15) is 0 Å². The molecule has 0 amide bonds. The van der Waals surface area contributed by atoms with Gasteiger partial charge in [-0.15, -0.1) is 6.42 Å². The Morgan fingerprint density at radius 2 is 2.14 bits per heavy atom. The summed E-state index contributed by atoms with van der Waals surface area (Å²) in [5.41, 5.74) is -1.12. The zero-order valence-electron chi connectivity index (χ0n) is 12.6. The number of carbonyl (C=O) groups is 3. The molecule has 0 radical (unpaired) electrons. The molecule has 0 aliphatic heterocycles. The topological polar surface area (TPSA) is 69.7 Å². The summed E-state index contributed by atoms with van der Waals surface area (Å²) >= 11 is 0. The molecule has 1 saturated carbocycles. The second-order valence-electron chi connectivity index (χ2n) is 5.24. The van der Waals surface area contributed by atoms with Crippen LogP contribution < -0.4 is 0 Å². The van der Waals surface area contributed by atoms with Crippen molar-refractivity contribution in [3.05, 3.63) is 0 Å². The molecule has 0 aromatic heterocycles. The summed E-state index contributed by atoms with van der Waals surface area (Å²) in [6, 6.07) is 0. The first-order valence-corrected chi connectivity index (χ1v) is 7.30. The lowest BCUT2D eigenvalue weighted by molar-refractivity contribution is -0.163. The van der Waals surface area contributed by atoms with Gasteiger partial charge in [-0.05, 0) is 32.6 Å². The summed E-state index contributed by atoms with van der Waals surface area (Å²) in [5, 5.41) is 0. The Bertz CT molecular complexity index is 448. The minimum atomic E-state index is -1.12. The molecule has 0 saturated heterocycles. The third-order valence-electron chi connectivity index (χ3n) is 3.78. The highest BCUT2D eigenvalue weighted by molar-refractivity contribution is 6.04. The van der Waals surface area contributed by atoms with Crippen molar-refractivity contribution in [2.75, 3.05) is 6.61 Å². The van der Waals surface area contributed by atoms with Crippen molar-refractivity contribution in [2.24, 2.45) is 5.41 Å². The van der Waals surface area contributed by atoms with Crippen molar-refractivity contribution >= 4 is 17.7 Å². The predicted molar refractivity (Wildman–Crippen MR) is 76.2 cm³/mol. The van der Waals surface area contributed by atoms with E-state index in [9.17, 15) is 14.4 Å². The molecule has 5 nitrogen and oxygen atoms in total. The van der Waals surface area contributed by atoms with Gasteiger partial charge in [0.05, 0.1) is 6.61 Å². The van der Waals surface area contributed by atoms with Crippen LogP contribution in [0.3, 0.4) is 0 Å². The van der Waals surface area contributed by atoms with E-state index >= 15 is 0 Å². The number of esters is 2. The molecule has 0 aromatic carbocycles. The van der Waals surface area contributed by atoms with E-state index < -0.39 is 23.5 Å². The second-order valence-corrected chi connectivity index (χ2v) is 5.24. The fourth-order valence-electron chi connectivity index (χ4n) is 2.70. The molecule has 1 fully saturated rings. The highest BCUT2D eigenvalue weighted by Gasteiger charge is 2.47. The van der Waals surface area contributed by atoms with Crippen LogP contribution in [0, 0.1) is 17.8 Å². The highest BCUT2D eigenvalue weighted by Crippen LogP contribution is 2.39. The van der Waals surface area contributed by atoms with Crippen molar-refractivity contribution in [1.82, 2.24) is 0 Å². The van der Waals surface area contributed by atoms with Crippen LogP contribution in [0.15, 0.2) is 0 Å². The Hall–Kier alpha value is -1.83. The van der Waals surface area contributed by atoms with Crippen LogP contribution >= 0.6 is 0 Å². The van der Waals surface area contributed by atoms with Crippen LogP contribution in [0.2, 0.25) is 0 Å². The van der Waals surface area contributed by atoms with E-state index in [0.29, 0.717) is 12.8 Å². The van der Waals surface area contributed by atoms with Gasteiger partial charge < -0.3 is 9.47 Å². The van der Waals surface area contributed by atoms with Crippen LogP contribution in [0.1, 0.15) is 52.4 Å². The fraction of sp³-hybridized carbons (Fsp3) is 0.688. The molecule has 0 bridgehead atoms. The zero-order valence-corrected chi connectivity index (χ0v) is 12.6. The quantitative estimate of drug-likeness (QED) is 0.426. The van der Waals surface area contributed by atoms with Gasteiger partial charge in [0.25, 0.3) is 0 Å². The molecule has 0 N–H and O–H groups in total. The highest BCUT2D eigenvalue weighted by atomic mass is 16.5. The van der Waals surface area contributed by atoms with Gasteiger partial charge in [0.15, 0.2) is 6.10 Å². The molecule has 1 rings (SSSR count). The normalized spacial score (nSPS) is 23.0. The van der Waals surface area contributed by atoms with Crippen LogP contribution in [-0.4, -0.2) is 30.4 Å². The van der Waals surface area contributed by atoms with E-state index in [2.05, 4.69) is 5.92 Å². The van der Waals surface area contributed by atoms with Gasteiger partial charge in [0, 0.05) is 13.3 Å². The van der Waals surface area contributed by atoms with E-state index in [0.717, 1.165) is 12.8 Å². The van der Waals surface area contributed by atoms with Gasteiger partial charge in [0.1, 0.15) is 11.2 Å². The van der Waals surface area contributed by atoms with Crippen molar-refractivity contribution in [2.45, 2.75) is 58.5 Å². The summed E-state index contributed by atoms with van der Waals surface area (Å²) in [4.78, 5) is 35.5. The second kappa shape index (κ2) is 7.82. The molecule has 2 unspecified atom stereocenters. The lowest BCUT2D eigenvalue weighted by Gasteiger charge is -2.33. The molecule has 21 heavy (non-hydrogen) atoms. The average Bonchev–Trinajstić information content (AvgIpc) is 2.45. The van der Waals surface area contributed by atoms with Crippen molar-refractivity contribution < 1.29 is 23.9 Å². The van der Waals surface area contributed by atoms with Crippen LogP contribution in [-0.2, 0) is 23.9 Å². The third-order valence-corrected chi connectivity index (χ3v) is 3.78. The van der Waals surface area contributed by atoms with E-state index in [4.69, 9.17) is 15.9 Å². The van der Waals surface area contributed by atoms with Crippen LogP contribution in [0.5, 0.6) is 0 Å². The number of Topliss-reactive ketones (excluding diaryl/α,β-unsaturated/α-hetero) is 1. The lowest BCUT2D eigenvalue weighted by atomic mass is 9.69. The van der Waals surface area contributed by atoms with E-state index in [1.807, 2.05) is 0 Å². The molecule has 1 aliphatic carbocycles. The SMILES string of the molecule is C#CC(CCC1(C(=O)OCC)CCCCC1=O)OC(C)=O. The molecule has 2 atom stereocenters. The zero-order chi connectivity index (χ0) is 15.9. The number of hydrogen-bond donors (Lipinski definition) is 0. The van der Waals surface area contributed by atoms with E-state index in [-0.39, 0.29) is 25.2 Å². The Labute approximate surface area is 125 Å². The van der Waals surface area contributed by atoms with Crippen molar-refractivity contribution in [1.29, 1.82) is 0 Å². The standard InChI is InChI=1S/C16H22O5/c1-4-13(21-12(3)17)9-11-16(15(19)20-5-2)10-7-6-8-14(16)18/h1,13H,5-11H2,2-3H3. The molecule has 1 aliphatic rings. The van der Waals surface area contributed by atoms with Gasteiger partial charge >= 0.3 is 11.9 Å². The summed E-state index contributed by atoms with van der Waals surface area (Å²) in [6.45, 7) is 3.22. The predicted octanol–water partition coefficient (Wildman–Crippen LogP) is 2.02.